The van der Waals surface area contributed by atoms with Crippen molar-refractivity contribution in [2.45, 2.75) is 31.5 Å². The second-order valence-corrected chi connectivity index (χ2v) is 9.21. The van der Waals surface area contributed by atoms with Crippen LogP contribution in [-0.4, -0.2) is 67.4 Å². The normalized spacial score (nSPS) is 31.9. The fourth-order valence-corrected chi connectivity index (χ4v) is 5.86. The minimum absolute atomic E-state index is 0.0700. The molecule has 3 saturated heterocycles. The average Bonchev–Trinajstić information content (AvgIpc) is 3.59. The molecule has 0 aliphatic carbocycles. The summed E-state index contributed by atoms with van der Waals surface area (Å²) < 4.78 is 22.2. The van der Waals surface area contributed by atoms with Crippen molar-refractivity contribution < 1.29 is 33.3 Å². The molecule has 0 N–H and O–H groups in total. The molecule has 0 saturated carbocycles. The van der Waals surface area contributed by atoms with Crippen LogP contribution in [0.1, 0.15) is 19.8 Å². The molecule has 3 fully saturated rings. The largest absolute Gasteiger partial charge is 0.466 e. The molecule has 9 heteroatoms. The minimum atomic E-state index is -0.790. The lowest BCUT2D eigenvalue weighted by Gasteiger charge is -2.34. The van der Waals surface area contributed by atoms with Crippen molar-refractivity contribution in [2.24, 2.45) is 17.8 Å². The van der Waals surface area contributed by atoms with E-state index in [4.69, 9.17) is 18.9 Å². The highest BCUT2D eigenvalue weighted by Gasteiger charge is 2.67. The maximum Gasteiger partial charge on any atom is 0.309 e. The van der Waals surface area contributed by atoms with Gasteiger partial charge in [-0.1, -0.05) is 12.2 Å². The maximum absolute atomic E-state index is 13.6. The van der Waals surface area contributed by atoms with Crippen molar-refractivity contribution in [3.63, 3.8) is 0 Å². The van der Waals surface area contributed by atoms with Gasteiger partial charge < -0.3 is 28.7 Å². The first-order valence-corrected chi connectivity index (χ1v) is 11.5. The van der Waals surface area contributed by atoms with Gasteiger partial charge in [0.2, 0.25) is 18.6 Å². The molecule has 2 bridgehead atoms. The number of piperidine rings is 1. The van der Waals surface area contributed by atoms with Crippen LogP contribution in [0.3, 0.4) is 0 Å². The Balaban J connectivity index is 1.20. The first-order valence-electron chi connectivity index (χ1n) is 11.5. The van der Waals surface area contributed by atoms with E-state index in [1.807, 2.05) is 18.2 Å². The lowest BCUT2D eigenvalue weighted by molar-refractivity contribution is -0.152. The van der Waals surface area contributed by atoms with Gasteiger partial charge in [0.1, 0.15) is 5.60 Å². The lowest BCUT2D eigenvalue weighted by atomic mass is 9.76. The molecule has 5 aliphatic rings. The van der Waals surface area contributed by atoms with Crippen LogP contribution >= 0.6 is 0 Å². The number of likely N-dealkylation sites (tertiary alicyclic amines) is 1. The smallest absolute Gasteiger partial charge is 0.309 e. The zero-order valence-electron chi connectivity index (χ0n) is 18.4. The molecule has 4 atom stereocenters. The second kappa shape index (κ2) is 7.48. The van der Waals surface area contributed by atoms with Crippen molar-refractivity contribution in [2.75, 3.05) is 37.9 Å². The Morgan fingerprint density at radius 2 is 1.97 bits per heavy atom. The van der Waals surface area contributed by atoms with Gasteiger partial charge in [0.25, 0.3) is 0 Å². The van der Waals surface area contributed by atoms with Gasteiger partial charge in [-0.25, -0.2) is 0 Å². The Morgan fingerprint density at radius 1 is 1.18 bits per heavy atom. The molecule has 5 heterocycles. The minimum Gasteiger partial charge on any atom is -0.466 e. The molecule has 1 spiro atoms. The highest BCUT2D eigenvalue weighted by atomic mass is 16.7. The highest BCUT2D eigenvalue weighted by molar-refractivity contribution is 6.03. The van der Waals surface area contributed by atoms with Crippen molar-refractivity contribution in [1.82, 2.24) is 4.90 Å². The number of nitrogens with zero attached hydrogens (tertiary/aromatic N) is 2. The number of esters is 1. The lowest BCUT2D eigenvalue weighted by Crippen LogP contribution is -2.49. The van der Waals surface area contributed by atoms with E-state index in [2.05, 4.69) is 0 Å². The van der Waals surface area contributed by atoms with Gasteiger partial charge in [0, 0.05) is 24.8 Å². The van der Waals surface area contributed by atoms with E-state index in [0.29, 0.717) is 56.3 Å². The summed E-state index contributed by atoms with van der Waals surface area (Å²) in [6.07, 6.45) is 4.62. The van der Waals surface area contributed by atoms with Crippen molar-refractivity contribution in [3.8, 4) is 11.5 Å². The first kappa shape index (κ1) is 20.5. The van der Waals surface area contributed by atoms with Gasteiger partial charge in [-0.15, -0.1) is 0 Å². The summed E-state index contributed by atoms with van der Waals surface area (Å²) in [5, 5.41) is 0. The van der Waals surface area contributed by atoms with Crippen LogP contribution < -0.4 is 14.4 Å². The molecule has 1 aromatic rings. The zero-order chi connectivity index (χ0) is 22.7. The molecule has 9 nitrogen and oxygen atoms in total. The van der Waals surface area contributed by atoms with Gasteiger partial charge in [0.15, 0.2) is 11.5 Å². The van der Waals surface area contributed by atoms with Gasteiger partial charge in [-0.3, -0.25) is 14.4 Å². The predicted octanol–water partition coefficient (Wildman–Crippen LogP) is 1.50. The summed E-state index contributed by atoms with van der Waals surface area (Å²) in [5.41, 5.74) is -0.0863. The van der Waals surface area contributed by atoms with Gasteiger partial charge >= 0.3 is 5.97 Å². The molecule has 0 unspecified atom stereocenters. The summed E-state index contributed by atoms with van der Waals surface area (Å²) in [6, 6.07) is 5.42. The van der Waals surface area contributed by atoms with Crippen LogP contribution in [-0.2, 0) is 23.9 Å². The van der Waals surface area contributed by atoms with E-state index < -0.39 is 23.5 Å². The molecule has 2 amide bonds. The average molecular weight is 454 g/mol. The van der Waals surface area contributed by atoms with Crippen molar-refractivity contribution in [1.29, 1.82) is 0 Å². The molecule has 0 radical (unpaired) electrons. The number of hydrogen-bond acceptors (Lipinski definition) is 7. The van der Waals surface area contributed by atoms with Crippen LogP contribution in [0, 0.1) is 17.8 Å². The quantitative estimate of drug-likeness (QED) is 0.503. The highest BCUT2D eigenvalue weighted by Crippen LogP contribution is 2.53. The molecule has 33 heavy (non-hydrogen) atoms. The number of carbonyl (C=O) groups excluding carboxylic acids is 3. The van der Waals surface area contributed by atoms with E-state index in [1.165, 1.54) is 0 Å². The molecular formula is C24H26N2O7. The summed E-state index contributed by atoms with van der Waals surface area (Å²) in [6.45, 7) is 3.63. The fourth-order valence-electron chi connectivity index (χ4n) is 5.86. The SMILES string of the molecule is CCOC(=O)C1CCN(C(=O)[C@H]2[C@H]3C(=O)N(c4ccc5c(c4)OCO5)C[C@@]34C=C[C@H]2O4)CC1. The number of carbonyl (C=O) groups is 3. The predicted molar refractivity (Wildman–Crippen MR) is 115 cm³/mol. The van der Waals surface area contributed by atoms with E-state index in [-0.39, 0.29) is 30.5 Å². The molecule has 1 aromatic carbocycles. The van der Waals surface area contributed by atoms with Gasteiger partial charge in [-0.05, 0) is 31.9 Å². The van der Waals surface area contributed by atoms with Crippen LogP contribution in [0.2, 0.25) is 0 Å². The number of ether oxygens (including phenoxy) is 4. The molecule has 6 rings (SSSR count). The molecular weight excluding hydrogens is 428 g/mol. The summed E-state index contributed by atoms with van der Waals surface area (Å²) in [4.78, 5) is 42.7. The van der Waals surface area contributed by atoms with Gasteiger partial charge in [-0.2, -0.15) is 0 Å². The van der Waals surface area contributed by atoms with Crippen LogP contribution in [0.4, 0.5) is 5.69 Å². The molecule has 0 aromatic heterocycles. The zero-order valence-corrected chi connectivity index (χ0v) is 18.4. The third kappa shape index (κ3) is 3.05. The van der Waals surface area contributed by atoms with Crippen LogP contribution in [0.25, 0.3) is 0 Å². The van der Waals surface area contributed by atoms with Crippen molar-refractivity contribution in [3.05, 3.63) is 30.4 Å². The fraction of sp³-hybridized carbons (Fsp3) is 0.542. The Bertz CT molecular complexity index is 1050. The van der Waals surface area contributed by atoms with Crippen LogP contribution in [0.15, 0.2) is 30.4 Å². The molecule has 5 aliphatic heterocycles. The number of amides is 2. The van der Waals surface area contributed by atoms with E-state index >= 15 is 0 Å². The van der Waals surface area contributed by atoms with Crippen LogP contribution in [0.5, 0.6) is 11.5 Å². The summed E-state index contributed by atoms with van der Waals surface area (Å²) >= 11 is 0. The van der Waals surface area contributed by atoms with Gasteiger partial charge in [0.05, 0.1) is 37.0 Å². The number of benzene rings is 1. The Hall–Kier alpha value is -3.07. The van der Waals surface area contributed by atoms with E-state index in [1.54, 1.807) is 28.9 Å². The first-order chi connectivity index (χ1) is 16.0. The second-order valence-electron chi connectivity index (χ2n) is 9.21. The summed E-state index contributed by atoms with van der Waals surface area (Å²) in [7, 11) is 0. The third-order valence-electron chi connectivity index (χ3n) is 7.48. The summed E-state index contributed by atoms with van der Waals surface area (Å²) in [5.74, 6) is -0.409. The monoisotopic (exact) mass is 454 g/mol. The Kier molecular flexibility index (Phi) is 4.65. The third-order valence-corrected chi connectivity index (χ3v) is 7.48. The standard InChI is InChI=1S/C24H26N2O7/c1-2-30-23(29)14-6-9-25(10-7-14)21(27)19-17-5-8-24(33-17)12-26(22(28)20(19)24)15-3-4-16-18(11-15)32-13-31-16/h3-5,8,11,14,17,19-20H,2,6-7,9-10,12-13H2,1H3/t17-,19-,20+,24+/m1/s1. The van der Waals surface area contributed by atoms with E-state index in [9.17, 15) is 14.4 Å². The number of rotatable bonds is 4. The Morgan fingerprint density at radius 3 is 2.76 bits per heavy atom. The number of fused-ring (bicyclic) bond motifs is 2. The van der Waals surface area contributed by atoms with Crippen molar-refractivity contribution >= 4 is 23.5 Å². The number of hydrogen-bond donors (Lipinski definition) is 0. The molecule has 174 valence electrons. The van der Waals surface area contributed by atoms with E-state index in [0.717, 1.165) is 0 Å². The maximum atomic E-state index is 13.6. The topological polar surface area (TPSA) is 94.6 Å². The Labute approximate surface area is 191 Å². The number of anilines is 1.